The molecule has 0 radical (unpaired) electrons. The number of hydrogen-bond donors (Lipinski definition) is 0. The molecule has 0 amide bonds. The number of rotatable bonds is 1. The maximum Gasteiger partial charge on any atom is 0.163 e. The molecule has 1 atom stereocenters. The molecule has 0 spiro atoms. The number of allylic oxidation sites excluding steroid dienone is 2. The number of carbonyl (C=O) groups is 2. The highest BCUT2D eigenvalue weighted by molar-refractivity contribution is 6.19. The van der Waals surface area contributed by atoms with Gasteiger partial charge in [-0.25, -0.2) is 0 Å². The van der Waals surface area contributed by atoms with E-state index in [4.69, 9.17) is 0 Å². The van der Waals surface area contributed by atoms with Crippen LogP contribution in [0.2, 0.25) is 0 Å². The van der Waals surface area contributed by atoms with Crippen molar-refractivity contribution >= 4 is 11.6 Å². The number of carbonyl (C=O) groups excluding carboxylic acids is 2. The average Bonchev–Trinajstić information content (AvgIpc) is 2.75. The Kier molecular flexibility index (Phi) is 1.25. The van der Waals surface area contributed by atoms with Crippen molar-refractivity contribution in [1.82, 2.24) is 0 Å². The van der Waals surface area contributed by atoms with Gasteiger partial charge in [0.1, 0.15) is 0 Å². The first kappa shape index (κ1) is 6.77. The molecular weight excluding hydrogens is 140 g/mol. The molecule has 11 heavy (non-hydrogen) atoms. The predicted molar refractivity (Wildman–Crippen MR) is 40.1 cm³/mol. The molecule has 0 aromatic carbocycles. The summed E-state index contributed by atoms with van der Waals surface area (Å²) >= 11 is 0. The van der Waals surface area contributed by atoms with Gasteiger partial charge in [-0.3, -0.25) is 9.59 Å². The van der Waals surface area contributed by atoms with Crippen molar-refractivity contribution in [2.45, 2.75) is 26.2 Å². The monoisotopic (exact) mass is 150 g/mol. The van der Waals surface area contributed by atoms with Crippen LogP contribution in [0.25, 0.3) is 0 Å². The van der Waals surface area contributed by atoms with Crippen LogP contribution < -0.4 is 0 Å². The molecule has 0 aliphatic heterocycles. The minimum absolute atomic E-state index is 0.00347. The summed E-state index contributed by atoms with van der Waals surface area (Å²) in [4.78, 5) is 22.5. The first-order chi connectivity index (χ1) is 5.24. The second-order valence-electron chi connectivity index (χ2n) is 3.23. The van der Waals surface area contributed by atoms with Crippen LogP contribution in [0.15, 0.2) is 11.1 Å². The fourth-order valence-corrected chi connectivity index (χ4v) is 1.65. The van der Waals surface area contributed by atoms with E-state index in [0.29, 0.717) is 12.8 Å². The molecule has 2 aliphatic carbocycles. The van der Waals surface area contributed by atoms with Gasteiger partial charge >= 0.3 is 0 Å². The summed E-state index contributed by atoms with van der Waals surface area (Å²) in [6, 6.07) is 0. The molecule has 0 saturated carbocycles. The minimum Gasteiger partial charge on any atom is -0.295 e. The maximum atomic E-state index is 11.3. The Hall–Kier alpha value is -0.920. The van der Waals surface area contributed by atoms with Gasteiger partial charge in [-0.1, -0.05) is 6.92 Å². The van der Waals surface area contributed by atoms with Crippen molar-refractivity contribution in [3.8, 4) is 0 Å². The van der Waals surface area contributed by atoms with Crippen LogP contribution in [0.5, 0.6) is 0 Å². The molecule has 2 aliphatic rings. The van der Waals surface area contributed by atoms with Crippen molar-refractivity contribution in [3.05, 3.63) is 11.1 Å². The van der Waals surface area contributed by atoms with Crippen LogP contribution >= 0.6 is 0 Å². The molecule has 0 saturated heterocycles. The third-order valence-electron chi connectivity index (χ3n) is 2.52. The molecule has 2 rings (SSSR count). The number of ketones is 2. The van der Waals surface area contributed by atoms with Crippen LogP contribution in [0.3, 0.4) is 0 Å². The van der Waals surface area contributed by atoms with Gasteiger partial charge in [-0.2, -0.15) is 0 Å². The first-order valence-electron chi connectivity index (χ1n) is 4.03. The normalized spacial score (nSPS) is 29.0. The zero-order valence-corrected chi connectivity index (χ0v) is 6.52. The molecule has 0 fully saturated rings. The SMILES string of the molecule is CCC1CC(=O)C2=C(C2)C1=O. The molecule has 0 bridgehead atoms. The van der Waals surface area contributed by atoms with E-state index in [1.54, 1.807) is 0 Å². The summed E-state index contributed by atoms with van der Waals surface area (Å²) in [5.74, 6) is 0.456. The van der Waals surface area contributed by atoms with Gasteiger partial charge in [0.15, 0.2) is 11.6 Å². The Morgan fingerprint density at radius 3 is 2.73 bits per heavy atom. The molecular formula is C9H10O2. The zero-order valence-electron chi connectivity index (χ0n) is 6.52. The van der Waals surface area contributed by atoms with E-state index in [-0.39, 0.29) is 17.5 Å². The van der Waals surface area contributed by atoms with Crippen LogP contribution in [-0.4, -0.2) is 11.6 Å². The molecule has 58 valence electrons. The summed E-state index contributed by atoms with van der Waals surface area (Å²) < 4.78 is 0. The van der Waals surface area contributed by atoms with Gasteiger partial charge in [0, 0.05) is 29.9 Å². The summed E-state index contributed by atoms with van der Waals surface area (Å²) in [5, 5.41) is 0. The highest BCUT2D eigenvalue weighted by Crippen LogP contribution is 2.41. The van der Waals surface area contributed by atoms with E-state index >= 15 is 0 Å². The maximum absolute atomic E-state index is 11.3. The lowest BCUT2D eigenvalue weighted by atomic mass is 9.90. The number of hydrogen-bond acceptors (Lipinski definition) is 2. The van der Waals surface area contributed by atoms with Crippen molar-refractivity contribution in [2.75, 3.05) is 0 Å². The Labute approximate surface area is 65.3 Å². The lowest BCUT2D eigenvalue weighted by Gasteiger charge is -2.11. The van der Waals surface area contributed by atoms with Crippen molar-refractivity contribution < 1.29 is 9.59 Å². The largest absolute Gasteiger partial charge is 0.295 e. The third-order valence-corrected chi connectivity index (χ3v) is 2.52. The zero-order chi connectivity index (χ0) is 8.01. The Bertz CT molecular complexity index is 273. The van der Waals surface area contributed by atoms with Crippen LogP contribution in [0.1, 0.15) is 26.2 Å². The molecule has 0 aromatic heterocycles. The van der Waals surface area contributed by atoms with Crippen LogP contribution in [0.4, 0.5) is 0 Å². The lowest BCUT2D eigenvalue weighted by molar-refractivity contribution is -0.124. The van der Waals surface area contributed by atoms with Crippen molar-refractivity contribution in [3.63, 3.8) is 0 Å². The Morgan fingerprint density at radius 2 is 2.09 bits per heavy atom. The van der Waals surface area contributed by atoms with Crippen molar-refractivity contribution in [1.29, 1.82) is 0 Å². The second kappa shape index (κ2) is 2.03. The average molecular weight is 150 g/mol. The van der Waals surface area contributed by atoms with Crippen LogP contribution in [-0.2, 0) is 9.59 Å². The van der Waals surface area contributed by atoms with Crippen LogP contribution in [0, 0.1) is 5.92 Å². The Balaban J connectivity index is 2.28. The Morgan fingerprint density at radius 1 is 1.36 bits per heavy atom. The second-order valence-corrected chi connectivity index (χ2v) is 3.23. The summed E-state index contributed by atoms with van der Waals surface area (Å²) in [7, 11) is 0. The predicted octanol–water partition coefficient (Wildman–Crippen LogP) is 1.25. The topological polar surface area (TPSA) is 34.1 Å². The summed E-state index contributed by atoms with van der Waals surface area (Å²) in [6.07, 6.45) is 1.96. The first-order valence-corrected chi connectivity index (χ1v) is 4.03. The van der Waals surface area contributed by atoms with E-state index < -0.39 is 0 Å². The fraction of sp³-hybridized carbons (Fsp3) is 0.556. The van der Waals surface area contributed by atoms with Gasteiger partial charge in [0.2, 0.25) is 0 Å². The molecule has 2 heteroatoms. The van der Waals surface area contributed by atoms with E-state index in [9.17, 15) is 9.59 Å². The fourth-order valence-electron chi connectivity index (χ4n) is 1.65. The molecule has 1 unspecified atom stereocenters. The quantitative estimate of drug-likeness (QED) is 0.563. The standard InChI is InChI=1S/C9H10O2/c1-2-5-3-8(10)6-4-7(6)9(5)11/h5H,2-4H2,1H3. The summed E-state index contributed by atoms with van der Waals surface area (Å²) in [5.41, 5.74) is 1.65. The van der Waals surface area contributed by atoms with E-state index in [1.165, 1.54) is 0 Å². The van der Waals surface area contributed by atoms with Gasteiger partial charge in [0.25, 0.3) is 0 Å². The van der Waals surface area contributed by atoms with Crippen molar-refractivity contribution in [2.24, 2.45) is 5.92 Å². The number of Topliss-reactive ketones (excluding diaryl/α,β-unsaturated/α-hetero) is 2. The summed E-state index contributed by atoms with van der Waals surface area (Å²) in [6.45, 7) is 1.96. The van der Waals surface area contributed by atoms with E-state index in [2.05, 4.69) is 0 Å². The van der Waals surface area contributed by atoms with Gasteiger partial charge in [-0.15, -0.1) is 0 Å². The van der Waals surface area contributed by atoms with Gasteiger partial charge < -0.3 is 0 Å². The molecule has 0 heterocycles. The molecule has 2 nitrogen and oxygen atoms in total. The highest BCUT2D eigenvalue weighted by Gasteiger charge is 2.41. The van der Waals surface area contributed by atoms with Gasteiger partial charge in [-0.05, 0) is 6.42 Å². The van der Waals surface area contributed by atoms with E-state index in [1.807, 2.05) is 6.92 Å². The smallest absolute Gasteiger partial charge is 0.163 e. The lowest BCUT2D eigenvalue weighted by Crippen LogP contribution is -2.19. The third kappa shape index (κ3) is 0.854. The van der Waals surface area contributed by atoms with Gasteiger partial charge in [0.05, 0.1) is 0 Å². The minimum atomic E-state index is 0.00347. The highest BCUT2D eigenvalue weighted by atomic mass is 16.1. The van der Waals surface area contributed by atoms with E-state index in [0.717, 1.165) is 17.6 Å². The molecule has 0 aromatic rings. The molecule has 0 N–H and O–H groups in total.